The lowest BCUT2D eigenvalue weighted by Gasteiger charge is -2.33. The van der Waals surface area contributed by atoms with Crippen LogP contribution in [0.3, 0.4) is 0 Å². The van der Waals surface area contributed by atoms with Crippen molar-refractivity contribution in [3.05, 3.63) is 59.4 Å². The number of anilines is 1. The molecule has 1 amide bonds. The molecule has 8 heteroatoms. The summed E-state index contributed by atoms with van der Waals surface area (Å²) in [7, 11) is -3.87. The van der Waals surface area contributed by atoms with Gasteiger partial charge in [-0.25, -0.2) is 12.8 Å². The van der Waals surface area contributed by atoms with Gasteiger partial charge >= 0.3 is 0 Å². The maximum atomic E-state index is 13.9. The van der Waals surface area contributed by atoms with E-state index in [9.17, 15) is 17.6 Å². The first-order valence-corrected chi connectivity index (χ1v) is 10.6. The zero-order valence-corrected chi connectivity index (χ0v) is 16.8. The van der Waals surface area contributed by atoms with Crippen molar-refractivity contribution < 1.29 is 17.6 Å². The fourth-order valence-corrected chi connectivity index (χ4v) is 4.75. The Hall–Kier alpha value is -2.29. The van der Waals surface area contributed by atoms with Gasteiger partial charge in [0.15, 0.2) is 0 Å². The lowest BCUT2D eigenvalue weighted by molar-refractivity contribution is -0.117. The number of nitrogens with one attached hydrogen (secondary N) is 1. The monoisotopic (exact) mass is 405 g/mol. The fraction of sp³-hybridized carbons (Fsp3) is 0.350. The highest BCUT2D eigenvalue weighted by molar-refractivity contribution is 7.89. The third-order valence-corrected chi connectivity index (χ3v) is 6.74. The highest BCUT2D eigenvalue weighted by atomic mass is 32.2. The van der Waals surface area contributed by atoms with E-state index in [1.807, 2.05) is 36.9 Å². The number of hydrogen-bond acceptors (Lipinski definition) is 4. The molecule has 1 aliphatic rings. The number of rotatable bonds is 5. The van der Waals surface area contributed by atoms with Gasteiger partial charge in [0, 0.05) is 31.9 Å². The first-order valence-electron chi connectivity index (χ1n) is 9.11. The standard InChI is InChI=1S/C20H24FN3O3S/c1-15-7-8-18(16(2)13-15)22-20(25)14-23-9-11-24(12-10-23)28(26,27)19-6-4-3-5-17(19)21/h3-8,13H,9-12,14H2,1-2H3,(H,22,25). The van der Waals surface area contributed by atoms with E-state index in [-0.39, 0.29) is 30.4 Å². The average Bonchev–Trinajstić information content (AvgIpc) is 2.65. The SMILES string of the molecule is Cc1ccc(NC(=O)CN2CCN(S(=O)(=O)c3ccccc3F)CC2)c(C)c1. The topological polar surface area (TPSA) is 69.7 Å². The van der Waals surface area contributed by atoms with E-state index >= 15 is 0 Å². The predicted octanol–water partition coefficient (Wildman–Crippen LogP) is 2.39. The number of carbonyl (C=O) groups excluding carboxylic acids is 1. The number of nitrogens with zero attached hydrogens (tertiary/aromatic N) is 2. The summed E-state index contributed by atoms with van der Waals surface area (Å²) in [5.41, 5.74) is 2.90. The van der Waals surface area contributed by atoms with Gasteiger partial charge in [-0.2, -0.15) is 4.31 Å². The number of aryl methyl sites for hydroxylation is 2. The molecule has 1 N–H and O–H groups in total. The second kappa shape index (κ2) is 8.38. The van der Waals surface area contributed by atoms with Crippen LogP contribution in [0.1, 0.15) is 11.1 Å². The lowest BCUT2D eigenvalue weighted by atomic mass is 10.1. The molecule has 0 bridgehead atoms. The van der Waals surface area contributed by atoms with E-state index in [1.54, 1.807) is 0 Å². The summed E-state index contributed by atoms with van der Waals surface area (Å²) in [5.74, 6) is -0.893. The third-order valence-electron chi connectivity index (χ3n) is 4.81. The molecule has 3 rings (SSSR count). The molecule has 0 atom stereocenters. The van der Waals surface area contributed by atoms with Crippen LogP contribution in [-0.2, 0) is 14.8 Å². The van der Waals surface area contributed by atoms with Gasteiger partial charge in [0.05, 0.1) is 6.54 Å². The minimum atomic E-state index is -3.87. The minimum Gasteiger partial charge on any atom is -0.325 e. The molecular formula is C20H24FN3O3S. The highest BCUT2D eigenvalue weighted by Crippen LogP contribution is 2.20. The molecule has 0 aromatic heterocycles. The van der Waals surface area contributed by atoms with Crippen molar-refractivity contribution in [2.24, 2.45) is 0 Å². The molecule has 6 nitrogen and oxygen atoms in total. The van der Waals surface area contributed by atoms with Crippen LogP contribution in [0.4, 0.5) is 10.1 Å². The largest absolute Gasteiger partial charge is 0.325 e. The normalized spacial score (nSPS) is 16.1. The number of benzene rings is 2. The number of sulfonamides is 1. The number of carbonyl (C=O) groups is 1. The summed E-state index contributed by atoms with van der Waals surface area (Å²) in [6.07, 6.45) is 0. The third kappa shape index (κ3) is 4.57. The van der Waals surface area contributed by atoms with Gasteiger partial charge in [-0.1, -0.05) is 29.8 Å². The van der Waals surface area contributed by atoms with Gasteiger partial charge in [0.1, 0.15) is 10.7 Å². The van der Waals surface area contributed by atoms with E-state index < -0.39 is 15.8 Å². The Bertz CT molecular complexity index is 970. The number of halogens is 1. The molecular weight excluding hydrogens is 381 g/mol. The van der Waals surface area contributed by atoms with Crippen LogP contribution < -0.4 is 5.32 Å². The second-order valence-electron chi connectivity index (χ2n) is 6.98. The molecule has 2 aromatic rings. The molecule has 0 saturated carbocycles. The molecule has 0 aliphatic carbocycles. The summed E-state index contributed by atoms with van der Waals surface area (Å²) in [5, 5.41) is 2.90. The fourth-order valence-electron chi connectivity index (χ4n) is 3.27. The van der Waals surface area contributed by atoms with E-state index in [2.05, 4.69) is 5.32 Å². The molecule has 1 heterocycles. The molecule has 0 unspecified atom stereocenters. The first-order chi connectivity index (χ1) is 13.3. The average molecular weight is 405 g/mol. The van der Waals surface area contributed by atoms with Crippen LogP contribution in [0.15, 0.2) is 47.4 Å². The van der Waals surface area contributed by atoms with Gasteiger partial charge in [-0.3, -0.25) is 9.69 Å². The molecule has 2 aromatic carbocycles. The van der Waals surface area contributed by atoms with Gasteiger partial charge in [0.25, 0.3) is 0 Å². The highest BCUT2D eigenvalue weighted by Gasteiger charge is 2.30. The van der Waals surface area contributed by atoms with Crippen molar-refractivity contribution in [2.45, 2.75) is 18.7 Å². The summed E-state index contributed by atoms with van der Waals surface area (Å²) in [6.45, 7) is 5.37. The molecule has 1 saturated heterocycles. The van der Waals surface area contributed by atoms with E-state index in [1.165, 1.54) is 22.5 Å². The smallest absolute Gasteiger partial charge is 0.246 e. The van der Waals surface area contributed by atoms with Crippen molar-refractivity contribution in [3.8, 4) is 0 Å². The Balaban J connectivity index is 1.57. The number of hydrogen-bond donors (Lipinski definition) is 1. The van der Waals surface area contributed by atoms with Gasteiger partial charge in [-0.15, -0.1) is 0 Å². The Morgan fingerprint density at radius 1 is 1.07 bits per heavy atom. The molecule has 28 heavy (non-hydrogen) atoms. The maximum Gasteiger partial charge on any atom is 0.246 e. The summed E-state index contributed by atoms with van der Waals surface area (Å²) < 4.78 is 40.4. The maximum absolute atomic E-state index is 13.9. The van der Waals surface area contributed by atoms with Crippen molar-refractivity contribution in [1.29, 1.82) is 0 Å². The second-order valence-corrected chi connectivity index (χ2v) is 8.88. The van der Waals surface area contributed by atoms with Gasteiger partial charge < -0.3 is 5.32 Å². The van der Waals surface area contributed by atoms with E-state index in [4.69, 9.17) is 0 Å². The van der Waals surface area contributed by atoms with E-state index in [0.717, 1.165) is 22.9 Å². The Morgan fingerprint density at radius 3 is 2.39 bits per heavy atom. The Kier molecular flexibility index (Phi) is 6.12. The minimum absolute atomic E-state index is 0.141. The number of piperazine rings is 1. The lowest BCUT2D eigenvalue weighted by Crippen LogP contribution is -2.50. The Labute approximate surface area is 165 Å². The van der Waals surface area contributed by atoms with Crippen molar-refractivity contribution in [3.63, 3.8) is 0 Å². The van der Waals surface area contributed by atoms with Crippen LogP contribution in [0.5, 0.6) is 0 Å². The van der Waals surface area contributed by atoms with Crippen molar-refractivity contribution in [2.75, 3.05) is 38.0 Å². The van der Waals surface area contributed by atoms with E-state index in [0.29, 0.717) is 13.1 Å². The quantitative estimate of drug-likeness (QED) is 0.829. The molecule has 0 radical (unpaired) electrons. The molecule has 0 spiro atoms. The first kappa shape index (κ1) is 20.4. The van der Waals surface area contributed by atoms with Gasteiger partial charge in [0.2, 0.25) is 15.9 Å². The van der Waals surface area contributed by atoms with Crippen LogP contribution in [0.25, 0.3) is 0 Å². The number of amides is 1. The predicted molar refractivity (Wildman–Crippen MR) is 106 cm³/mol. The summed E-state index contributed by atoms with van der Waals surface area (Å²) in [4.78, 5) is 13.9. The van der Waals surface area contributed by atoms with Crippen molar-refractivity contribution >= 4 is 21.6 Å². The zero-order chi connectivity index (χ0) is 20.3. The van der Waals surface area contributed by atoms with Crippen LogP contribution >= 0.6 is 0 Å². The summed E-state index contributed by atoms with van der Waals surface area (Å²) in [6, 6.07) is 11.2. The summed E-state index contributed by atoms with van der Waals surface area (Å²) >= 11 is 0. The van der Waals surface area contributed by atoms with Crippen LogP contribution in [0, 0.1) is 19.7 Å². The zero-order valence-electron chi connectivity index (χ0n) is 16.0. The molecule has 1 aliphatic heterocycles. The van der Waals surface area contributed by atoms with Gasteiger partial charge in [-0.05, 0) is 37.6 Å². The Morgan fingerprint density at radius 2 is 1.75 bits per heavy atom. The van der Waals surface area contributed by atoms with Crippen molar-refractivity contribution in [1.82, 2.24) is 9.21 Å². The molecule has 1 fully saturated rings. The van der Waals surface area contributed by atoms with Crippen LogP contribution in [0.2, 0.25) is 0 Å². The van der Waals surface area contributed by atoms with Crippen LogP contribution in [-0.4, -0.2) is 56.3 Å². The molecule has 150 valence electrons.